The molecule has 0 atom stereocenters. The maximum Gasteiger partial charge on any atom is 0.264 e. The largest absolute Gasteiger partial charge is 0.323 e. The van der Waals surface area contributed by atoms with Crippen LogP contribution in [0.2, 0.25) is 0 Å². The quantitative estimate of drug-likeness (QED) is 0.345. The van der Waals surface area contributed by atoms with Crippen molar-refractivity contribution < 1.29 is 13.2 Å². The maximum absolute atomic E-state index is 13.3. The van der Waals surface area contributed by atoms with Crippen LogP contribution in [-0.2, 0) is 14.8 Å². The Balaban J connectivity index is 1.93. The molecule has 3 aromatic carbocycles. The normalized spacial score (nSPS) is 11.1. The van der Waals surface area contributed by atoms with Gasteiger partial charge >= 0.3 is 0 Å². The molecule has 1 N–H and O–H groups in total. The van der Waals surface area contributed by atoms with Crippen LogP contribution < -0.4 is 9.62 Å². The number of rotatable bonds is 7. The summed E-state index contributed by atoms with van der Waals surface area (Å²) in [5.41, 5.74) is 1.09. The Labute approximate surface area is 188 Å². The highest BCUT2D eigenvalue weighted by atomic mass is 127. The van der Waals surface area contributed by atoms with Crippen LogP contribution in [0, 0.1) is 3.57 Å². The molecular weight excluding hydrogens is 519 g/mol. The summed E-state index contributed by atoms with van der Waals surface area (Å²) >= 11 is 3.66. The molecular formula is C21H19IN2O3S2. The van der Waals surface area contributed by atoms with Crippen molar-refractivity contribution in [3.05, 3.63) is 82.4 Å². The van der Waals surface area contributed by atoms with Crippen LogP contribution in [0.15, 0.2) is 88.7 Å². The van der Waals surface area contributed by atoms with Crippen LogP contribution in [0.3, 0.4) is 0 Å². The standard InChI is InChI=1S/C21H19IN2O3S2/c1-28-20-10-6-5-9-19(20)23-21(25)15-24(17-13-11-16(22)12-14-17)29(26,27)18-7-3-2-4-8-18/h2-14H,15H2,1H3,(H,23,25). The van der Waals surface area contributed by atoms with E-state index < -0.39 is 15.9 Å². The Kier molecular flexibility index (Phi) is 7.20. The van der Waals surface area contributed by atoms with Crippen LogP contribution >= 0.6 is 34.4 Å². The second-order valence-corrected chi connectivity index (χ2v) is 10.0. The molecule has 0 aliphatic carbocycles. The zero-order valence-electron chi connectivity index (χ0n) is 15.6. The first kappa shape index (κ1) is 21.7. The molecule has 0 aromatic heterocycles. The summed E-state index contributed by atoms with van der Waals surface area (Å²) in [4.78, 5) is 13.8. The van der Waals surface area contributed by atoms with Gasteiger partial charge in [-0.25, -0.2) is 8.42 Å². The Morgan fingerprint density at radius 3 is 2.24 bits per heavy atom. The Morgan fingerprint density at radius 1 is 0.966 bits per heavy atom. The van der Waals surface area contributed by atoms with E-state index in [-0.39, 0.29) is 11.4 Å². The number of para-hydroxylation sites is 1. The number of amides is 1. The fourth-order valence-electron chi connectivity index (χ4n) is 2.71. The zero-order chi connectivity index (χ0) is 20.9. The highest BCUT2D eigenvalue weighted by molar-refractivity contribution is 14.1. The number of sulfonamides is 1. The van der Waals surface area contributed by atoms with Crippen molar-refractivity contribution >= 4 is 61.7 Å². The van der Waals surface area contributed by atoms with Gasteiger partial charge in [0.25, 0.3) is 10.0 Å². The molecule has 1 amide bonds. The Bertz CT molecular complexity index is 1090. The van der Waals surface area contributed by atoms with Crippen molar-refractivity contribution in [1.29, 1.82) is 0 Å². The molecule has 0 radical (unpaired) electrons. The molecule has 0 bridgehead atoms. The van der Waals surface area contributed by atoms with E-state index in [1.807, 2.05) is 36.6 Å². The summed E-state index contributed by atoms with van der Waals surface area (Å²) in [5.74, 6) is -0.412. The molecule has 5 nitrogen and oxygen atoms in total. The molecule has 0 spiro atoms. The zero-order valence-corrected chi connectivity index (χ0v) is 19.4. The van der Waals surface area contributed by atoms with Gasteiger partial charge in [-0.1, -0.05) is 30.3 Å². The lowest BCUT2D eigenvalue weighted by Gasteiger charge is -2.24. The van der Waals surface area contributed by atoms with Crippen LogP contribution in [0.5, 0.6) is 0 Å². The van der Waals surface area contributed by atoms with Crippen molar-refractivity contribution in [2.75, 3.05) is 22.4 Å². The molecule has 0 saturated carbocycles. The average molecular weight is 538 g/mol. The van der Waals surface area contributed by atoms with Crippen molar-refractivity contribution in [2.24, 2.45) is 0 Å². The lowest BCUT2D eigenvalue weighted by Crippen LogP contribution is -2.38. The molecule has 0 fully saturated rings. The highest BCUT2D eigenvalue weighted by Gasteiger charge is 2.27. The van der Waals surface area contributed by atoms with Crippen LogP contribution in [0.25, 0.3) is 0 Å². The first-order valence-electron chi connectivity index (χ1n) is 8.68. The van der Waals surface area contributed by atoms with Crippen LogP contribution in [-0.4, -0.2) is 27.1 Å². The monoisotopic (exact) mass is 538 g/mol. The number of benzene rings is 3. The minimum absolute atomic E-state index is 0.135. The summed E-state index contributed by atoms with van der Waals surface area (Å²) in [7, 11) is -3.91. The van der Waals surface area contributed by atoms with Gasteiger partial charge in [0.1, 0.15) is 6.54 Å². The van der Waals surface area contributed by atoms with Crippen molar-refractivity contribution in [2.45, 2.75) is 9.79 Å². The molecule has 0 unspecified atom stereocenters. The number of carbonyl (C=O) groups excluding carboxylic acids is 1. The van der Waals surface area contributed by atoms with E-state index in [9.17, 15) is 13.2 Å². The number of halogens is 1. The summed E-state index contributed by atoms with van der Waals surface area (Å²) < 4.78 is 28.6. The number of nitrogens with one attached hydrogen (secondary N) is 1. The van der Waals surface area contributed by atoms with E-state index in [1.54, 1.807) is 36.4 Å². The summed E-state index contributed by atoms with van der Waals surface area (Å²) in [5, 5.41) is 2.83. The lowest BCUT2D eigenvalue weighted by atomic mass is 10.3. The van der Waals surface area contributed by atoms with Gasteiger partial charge in [0.2, 0.25) is 5.91 Å². The third kappa shape index (κ3) is 5.31. The summed E-state index contributed by atoms with van der Waals surface area (Å²) in [6.07, 6.45) is 1.92. The third-order valence-corrected chi connectivity index (χ3v) is 7.42. The minimum atomic E-state index is -3.91. The predicted octanol–water partition coefficient (Wildman–Crippen LogP) is 4.85. The number of nitrogens with zero attached hydrogens (tertiary/aromatic N) is 1. The molecule has 0 heterocycles. The van der Waals surface area contributed by atoms with Crippen LogP contribution in [0.1, 0.15) is 0 Å². The van der Waals surface area contributed by atoms with E-state index in [0.29, 0.717) is 11.4 Å². The third-order valence-electron chi connectivity index (χ3n) is 4.11. The van der Waals surface area contributed by atoms with Gasteiger partial charge in [-0.15, -0.1) is 11.8 Å². The number of carbonyl (C=O) groups is 1. The van der Waals surface area contributed by atoms with Crippen molar-refractivity contribution in [3.63, 3.8) is 0 Å². The van der Waals surface area contributed by atoms with Crippen LogP contribution in [0.4, 0.5) is 11.4 Å². The van der Waals surface area contributed by atoms with E-state index in [0.717, 1.165) is 12.8 Å². The van der Waals surface area contributed by atoms with Gasteiger partial charge in [-0.05, 0) is 77.4 Å². The smallest absolute Gasteiger partial charge is 0.264 e. The number of anilines is 2. The first-order chi connectivity index (χ1) is 13.9. The van der Waals surface area contributed by atoms with Gasteiger partial charge in [0.05, 0.1) is 16.3 Å². The van der Waals surface area contributed by atoms with E-state index in [2.05, 4.69) is 27.9 Å². The number of hydrogen-bond acceptors (Lipinski definition) is 4. The highest BCUT2D eigenvalue weighted by Crippen LogP contribution is 2.27. The first-order valence-corrected chi connectivity index (χ1v) is 12.4. The van der Waals surface area contributed by atoms with Crippen molar-refractivity contribution in [3.8, 4) is 0 Å². The molecule has 0 aliphatic rings. The van der Waals surface area contributed by atoms with Crippen molar-refractivity contribution in [1.82, 2.24) is 0 Å². The van der Waals surface area contributed by atoms with E-state index in [4.69, 9.17) is 0 Å². The molecule has 150 valence electrons. The predicted molar refractivity (Wildman–Crippen MR) is 127 cm³/mol. The summed E-state index contributed by atoms with van der Waals surface area (Å²) in [6.45, 7) is -0.333. The minimum Gasteiger partial charge on any atom is -0.323 e. The SMILES string of the molecule is CSc1ccccc1NC(=O)CN(c1ccc(I)cc1)S(=O)(=O)c1ccccc1. The molecule has 0 aliphatic heterocycles. The lowest BCUT2D eigenvalue weighted by molar-refractivity contribution is -0.114. The Hall–Kier alpha value is -2.04. The van der Waals surface area contributed by atoms with E-state index >= 15 is 0 Å². The fraction of sp³-hybridized carbons (Fsp3) is 0.0952. The van der Waals surface area contributed by atoms with Gasteiger partial charge in [0.15, 0.2) is 0 Å². The van der Waals surface area contributed by atoms with Gasteiger partial charge in [0, 0.05) is 8.47 Å². The molecule has 3 aromatic rings. The fourth-order valence-corrected chi connectivity index (χ4v) is 5.07. The molecule has 29 heavy (non-hydrogen) atoms. The van der Waals surface area contributed by atoms with Gasteiger partial charge < -0.3 is 5.32 Å². The maximum atomic E-state index is 13.3. The molecule has 0 saturated heterocycles. The number of thioether (sulfide) groups is 1. The second kappa shape index (κ2) is 9.64. The average Bonchev–Trinajstić information content (AvgIpc) is 2.74. The topological polar surface area (TPSA) is 66.5 Å². The molecule has 8 heteroatoms. The summed E-state index contributed by atoms with van der Waals surface area (Å²) in [6, 6.07) is 22.5. The van der Waals surface area contributed by atoms with E-state index in [1.165, 1.54) is 23.9 Å². The molecule has 3 rings (SSSR count). The second-order valence-electron chi connectivity index (χ2n) is 6.05. The van der Waals surface area contributed by atoms with Gasteiger partial charge in [-0.2, -0.15) is 0 Å². The number of hydrogen-bond donors (Lipinski definition) is 1. The Morgan fingerprint density at radius 2 is 1.59 bits per heavy atom. The van der Waals surface area contributed by atoms with Gasteiger partial charge in [-0.3, -0.25) is 9.10 Å².